The second-order valence-electron chi connectivity index (χ2n) is 7.64. The molecule has 0 radical (unpaired) electrons. The smallest absolute Gasteiger partial charge is 0.217 e. The lowest BCUT2D eigenvalue weighted by Crippen LogP contribution is -2.51. The van der Waals surface area contributed by atoms with Gasteiger partial charge in [-0.15, -0.1) is 24.0 Å². The minimum atomic E-state index is -0.196. The molecule has 0 spiro atoms. The summed E-state index contributed by atoms with van der Waals surface area (Å²) in [6.45, 7) is 15.9. The van der Waals surface area contributed by atoms with Crippen molar-refractivity contribution >= 4 is 35.8 Å². The number of guanidine groups is 1. The summed E-state index contributed by atoms with van der Waals surface area (Å²) < 4.78 is 0. The highest BCUT2D eigenvalue weighted by atomic mass is 127. The highest BCUT2D eigenvalue weighted by Gasteiger charge is 2.24. The van der Waals surface area contributed by atoms with Crippen LogP contribution < -0.4 is 11.1 Å². The minimum absolute atomic E-state index is 0. The molecule has 158 valence electrons. The molecule has 0 saturated carbocycles. The molecule has 2 fully saturated rings. The third kappa shape index (κ3) is 8.11. The number of carbonyl (C=O) groups excluding carboxylic acids is 1. The monoisotopic (exact) mass is 494 g/mol. The Balaban J connectivity index is 0.00000364. The number of amides is 1. The first-order chi connectivity index (χ1) is 12.5. The summed E-state index contributed by atoms with van der Waals surface area (Å²) >= 11 is 0. The van der Waals surface area contributed by atoms with Crippen molar-refractivity contribution in [2.24, 2.45) is 16.6 Å². The van der Waals surface area contributed by atoms with Crippen molar-refractivity contribution in [1.82, 2.24) is 20.0 Å². The maximum atomic E-state index is 11.3. The van der Waals surface area contributed by atoms with Crippen LogP contribution >= 0.6 is 24.0 Å². The molecule has 2 saturated heterocycles. The number of hydrogen-bond donors (Lipinski definition) is 2. The van der Waals surface area contributed by atoms with Crippen LogP contribution in [0.3, 0.4) is 0 Å². The van der Waals surface area contributed by atoms with Crippen LogP contribution in [0.5, 0.6) is 0 Å². The van der Waals surface area contributed by atoms with Crippen LogP contribution in [0.4, 0.5) is 0 Å². The second-order valence-corrected chi connectivity index (χ2v) is 7.64. The number of nitrogens with zero attached hydrogens (tertiary/aromatic N) is 4. The van der Waals surface area contributed by atoms with Gasteiger partial charge in [-0.05, 0) is 39.2 Å². The highest BCUT2D eigenvalue weighted by Crippen LogP contribution is 2.19. The van der Waals surface area contributed by atoms with Gasteiger partial charge >= 0.3 is 0 Å². The summed E-state index contributed by atoms with van der Waals surface area (Å²) in [6.07, 6.45) is 2.65. The van der Waals surface area contributed by atoms with Crippen molar-refractivity contribution in [1.29, 1.82) is 0 Å². The lowest BCUT2D eigenvalue weighted by Gasteiger charge is -2.38. The van der Waals surface area contributed by atoms with E-state index in [2.05, 4.69) is 40.8 Å². The van der Waals surface area contributed by atoms with Crippen molar-refractivity contribution < 1.29 is 4.79 Å². The van der Waals surface area contributed by atoms with E-state index in [1.807, 2.05) is 0 Å². The van der Waals surface area contributed by atoms with Crippen molar-refractivity contribution in [2.45, 2.75) is 46.1 Å². The third-order valence-corrected chi connectivity index (χ3v) is 5.63. The molecular formula is C19H39IN6O. The van der Waals surface area contributed by atoms with E-state index in [4.69, 9.17) is 10.7 Å². The van der Waals surface area contributed by atoms with Crippen molar-refractivity contribution in [3.63, 3.8) is 0 Å². The Hall–Kier alpha value is -0.610. The Kier molecular flexibility index (Phi) is 11.6. The molecule has 0 aromatic carbocycles. The van der Waals surface area contributed by atoms with Gasteiger partial charge in [-0.1, -0.05) is 6.92 Å². The van der Waals surface area contributed by atoms with Crippen LogP contribution in [-0.2, 0) is 4.79 Å². The molecule has 8 heteroatoms. The van der Waals surface area contributed by atoms with Gasteiger partial charge in [0.2, 0.25) is 5.91 Å². The molecule has 2 atom stereocenters. The Morgan fingerprint density at radius 3 is 2.52 bits per heavy atom. The van der Waals surface area contributed by atoms with E-state index in [0.29, 0.717) is 18.4 Å². The zero-order valence-electron chi connectivity index (χ0n) is 17.3. The molecule has 0 bridgehead atoms. The number of piperazine rings is 1. The molecule has 1 amide bonds. The Bertz CT molecular complexity index is 467. The molecule has 27 heavy (non-hydrogen) atoms. The standard InChI is InChI=1S/C19H38N6O.HI/c1-4-21-19(25-8-6-7-17(15-25)13-18(20)26)22-14-16(3)24-11-9-23(5-2)10-12-24;/h16-17H,4-15H2,1-3H3,(H2,20,26)(H,21,22);1H. The van der Waals surface area contributed by atoms with E-state index in [-0.39, 0.29) is 29.9 Å². The van der Waals surface area contributed by atoms with Gasteiger partial charge in [0.25, 0.3) is 0 Å². The highest BCUT2D eigenvalue weighted by molar-refractivity contribution is 14.0. The van der Waals surface area contributed by atoms with E-state index in [1.165, 1.54) is 0 Å². The molecule has 0 aromatic rings. The normalized spacial score (nSPS) is 23.6. The number of rotatable bonds is 7. The number of primary amides is 1. The fourth-order valence-corrected chi connectivity index (χ4v) is 3.99. The van der Waals surface area contributed by atoms with Crippen molar-refractivity contribution in [3.05, 3.63) is 0 Å². The van der Waals surface area contributed by atoms with Crippen molar-refractivity contribution in [2.75, 3.05) is 58.9 Å². The lowest BCUT2D eigenvalue weighted by molar-refractivity contribution is -0.119. The van der Waals surface area contributed by atoms with Gasteiger partial charge < -0.3 is 20.9 Å². The summed E-state index contributed by atoms with van der Waals surface area (Å²) in [6, 6.07) is 0.453. The molecule has 2 heterocycles. The predicted octanol–water partition coefficient (Wildman–Crippen LogP) is 1.18. The number of carbonyl (C=O) groups is 1. The van der Waals surface area contributed by atoms with Crippen LogP contribution in [0.15, 0.2) is 4.99 Å². The quantitative estimate of drug-likeness (QED) is 0.316. The van der Waals surface area contributed by atoms with E-state index in [1.54, 1.807) is 0 Å². The number of nitrogens with one attached hydrogen (secondary N) is 1. The van der Waals surface area contributed by atoms with Gasteiger partial charge in [0.15, 0.2) is 5.96 Å². The van der Waals surface area contributed by atoms with Crippen molar-refractivity contribution in [3.8, 4) is 0 Å². The molecule has 7 nitrogen and oxygen atoms in total. The van der Waals surface area contributed by atoms with Gasteiger partial charge in [-0.3, -0.25) is 14.7 Å². The number of halogens is 1. The number of likely N-dealkylation sites (N-methyl/N-ethyl adjacent to an activating group) is 1. The predicted molar refractivity (Wildman–Crippen MR) is 123 cm³/mol. The molecule has 3 N–H and O–H groups in total. The SMILES string of the molecule is CCNC(=NCC(C)N1CCN(CC)CC1)N1CCCC(CC(N)=O)C1.I. The van der Waals surface area contributed by atoms with Crippen LogP contribution in [0.2, 0.25) is 0 Å². The number of hydrogen-bond acceptors (Lipinski definition) is 4. The largest absolute Gasteiger partial charge is 0.370 e. The van der Waals surface area contributed by atoms with Crippen LogP contribution in [-0.4, -0.2) is 91.5 Å². The molecule has 0 aromatic heterocycles. The molecule has 0 aliphatic carbocycles. The fourth-order valence-electron chi connectivity index (χ4n) is 3.99. The van der Waals surface area contributed by atoms with Crippen LogP contribution in [0.1, 0.15) is 40.0 Å². The molecular weight excluding hydrogens is 455 g/mol. The fraction of sp³-hybridized carbons (Fsp3) is 0.895. The summed E-state index contributed by atoms with van der Waals surface area (Å²) in [5, 5.41) is 3.43. The van der Waals surface area contributed by atoms with E-state index in [9.17, 15) is 4.79 Å². The van der Waals surface area contributed by atoms with Gasteiger partial charge in [0.05, 0.1) is 6.54 Å². The van der Waals surface area contributed by atoms with Crippen LogP contribution in [0, 0.1) is 5.92 Å². The van der Waals surface area contributed by atoms with Crippen LogP contribution in [0.25, 0.3) is 0 Å². The number of aliphatic imine (C=N–C) groups is 1. The van der Waals surface area contributed by atoms with Gasteiger partial charge in [-0.25, -0.2) is 0 Å². The Morgan fingerprint density at radius 2 is 1.93 bits per heavy atom. The third-order valence-electron chi connectivity index (χ3n) is 5.63. The van der Waals surface area contributed by atoms with Gasteiger partial charge in [0, 0.05) is 58.3 Å². The summed E-state index contributed by atoms with van der Waals surface area (Å²) in [7, 11) is 0. The van der Waals surface area contributed by atoms with E-state index in [0.717, 1.165) is 77.7 Å². The summed E-state index contributed by atoms with van der Waals surface area (Å²) in [4.78, 5) is 23.5. The number of likely N-dealkylation sites (tertiary alicyclic amines) is 1. The minimum Gasteiger partial charge on any atom is -0.370 e. The van der Waals surface area contributed by atoms with Gasteiger partial charge in [-0.2, -0.15) is 0 Å². The second kappa shape index (κ2) is 12.8. The number of piperidine rings is 1. The number of nitrogens with two attached hydrogens (primary N) is 1. The average Bonchev–Trinajstić information content (AvgIpc) is 2.64. The lowest BCUT2D eigenvalue weighted by atomic mass is 9.95. The maximum Gasteiger partial charge on any atom is 0.217 e. The first-order valence-electron chi connectivity index (χ1n) is 10.3. The Labute approximate surface area is 182 Å². The van der Waals surface area contributed by atoms with E-state index < -0.39 is 0 Å². The molecule has 2 aliphatic heterocycles. The van der Waals surface area contributed by atoms with E-state index >= 15 is 0 Å². The first-order valence-corrected chi connectivity index (χ1v) is 10.3. The zero-order valence-corrected chi connectivity index (χ0v) is 19.7. The first kappa shape index (κ1) is 24.4. The molecule has 2 unspecified atom stereocenters. The Morgan fingerprint density at radius 1 is 1.22 bits per heavy atom. The molecule has 2 aliphatic rings. The van der Waals surface area contributed by atoms with Gasteiger partial charge in [0.1, 0.15) is 0 Å². The zero-order chi connectivity index (χ0) is 18.9. The topological polar surface area (TPSA) is 77.2 Å². The molecule has 2 rings (SSSR count). The average molecular weight is 494 g/mol. The summed E-state index contributed by atoms with van der Waals surface area (Å²) in [5.41, 5.74) is 5.39. The maximum absolute atomic E-state index is 11.3. The summed E-state index contributed by atoms with van der Waals surface area (Å²) in [5.74, 6) is 1.14.